The first kappa shape index (κ1) is 8.25. The standard InChI is InChI=1S/C8H11N3O2/c1-11-3-2-9-7(11)8(12)10-6-4-13-5-6/h2-3,6H,4-5H2,1H3,(H,10,12). The van der Waals surface area contributed by atoms with Crippen LogP contribution in [-0.4, -0.2) is 34.7 Å². The van der Waals surface area contributed by atoms with Crippen molar-refractivity contribution in [1.29, 1.82) is 0 Å². The van der Waals surface area contributed by atoms with Crippen LogP contribution in [0, 0.1) is 0 Å². The number of carbonyl (C=O) groups is 1. The van der Waals surface area contributed by atoms with E-state index in [0.29, 0.717) is 19.0 Å². The van der Waals surface area contributed by atoms with Crippen LogP contribution in [0.15, 0.2) is 12.4 Å². The van der Waals surface area contributed by atoms with Gasteiger partial charge in [0.2, 0.25) is 0 Å². The van der Waals surface area contributed by atoms with Gasteiger partial charge in [-0.1, -0.05) is 0 Å². The molecule has 1 aliphatic heterocycles. The summed E-state index contributed by atoms with van der Waals surface area (Å²) >= 11 is 0. The lowest BCUT2D eigenvalue weighted by Gasteiger charge is -2.26. The summed E-state index contributed by atoms with van der Waals surface area (Å²) in [5.74, 6) is 0.299. The highest BCUT2D eigenvalue weighted by atomic mass is 16.5. The summed E-state index contributed by atoms with van der Waals surface area (Å²) in [6.45, 7) is 1.21. The Hall–Kier alpha value is -1.36. The lowest BCUT2D eigenvalue weighted by Crippen LogP contribution is -2.49. The molecule has 1 fully saturated rings. The third-order valence-corrected chi connectivity index (χ3v) is 2.00. The molecule has 1 N–H and O–H groups in total. The number of imidazole rings is 1. The highest BCUT2D eigenvalue weighted by Crippen LogP contribution is 2.01. The van der Waals surface area contributed by atoms with E-state index in [2.05, 4.69) is 10.3 Å². The van der Waals surface area contributed by atoms with E-state index in [0.717, 1.165) is 0 Å². The minimum absolute atomic E-state index is 0.138. The van der Waals surface area contributed by atoms with Crippen LogP contribution in [0.25, 0.3) is 0 Å². The molecule has 1 aromatic heterocycles. The molecule has 1 aliphatic rings. The van der Waals surface area contributed by atoms with Gasteiger partial charge < -0.3 is 14.6 Å². The molecule has 0 aromatic carbocycles. The Morgan fingerprint density at radius 1 is 1.77 bits per heavy atom. The van der Waals surface area contributed by atoms with Gasteiger partial charge in [0, 0.05) is 19.4 Å². The first-order valence-electron chi connectivity index (χ1n) is 4.13. The smallest absolute Gasteiger partial charge is 0.287 e. The van der Waals surface area contributed by atoms with Gasteiger partial charge in [0.15, 0.2) is 5.82 Å². The van der Waals surface area contributed by atoms with Crippen molar-refractivity contribution in [1.82, 2.24) is 14.9 Å². The average Bonchev–Trinajstić information content (AvgIpc) is 2.43. The fourth-order valence-electron chi connectivity index (χ4n) is 1.15. The summed E-state index contributed by atoms with van der Waals surface area (Å²) in [6, 6.07) is 0.157. The van der Waals surface area contributed by atoms with E-state index in [1.165, 1.54) is 0 Å². The second-order valence-corrected chi connectivity index (χ2v) is 3.07. The number of amides is 1. The maximum Gasteiger partial charge on any atom is 0.287 e. The second kappa shape index (κ2) is 3.18. The minimum Gasteiger partial charge on any atom is -0.377 e. The number of hydrogen-bond donors (Lipinski definition) is 1. The van der Waals surface area contributed by atoms with E-state index >= 15 is 0 Å². The first-order chi connectivity index (χ1) is 6.27. The monoisotopic (exact) mass is 181 g/mol. The largest absolute Gasteiger partial charge is 0.377 e. The lowest BCUT2D eigenvalue weighted by atomic mass is 10.2. The number of rotatable bonds is 2. The zero-order valence-electron chi connectivity index (χ0n) is 7.36. The van der Waals surface area contributed by atoms with E-state index in [9.17, 15) is 4.79 Å². The molecule has 70 valence electrons. The highest BCUT2D eigenvalue weighted by Gasteiger charge is 2.22. The van der Waals surface area contributed by atoms with Crippen LogP contribution in [0.5, 0.6) is 0 Å². The maximum absolute atomic E-state index is 11.5. The molecular weight excluding hydrogens is 170 g/mol. The fraction of sp³-hybridized carbons (Fsp3) is 0.500. The van der Waals surface area contributed by atoms with Crippen molar-refractivity contribution in [3.05, 3.63) is 18.2 Å². The van der Waals surface area contributed by atoms with Crippen molar-refractivity contribution in [3.63, 3.8) is 0 Å². The molecule has 0 bridgehead atoms. The number of nitrogens with zero attached hydrogens (tertiary/aromatic N) is 2. The Bertz CT molecular complexity index is 317. The number of aryl methyl sites for hydroxylation is 1. The molecule has 2 heterocycles. The molecule has 0 spiro atoms. The van der Waals surface area contributed by atoms with Gasteiger partial charge in [0.1, 0.15) is 0 Å². The molecule has 0 radical (unpaired) electrons. The van der Waals surface area contributed by atoms with Crippen molar-refractivity contribution in [2.45, 2.75) is 6.04 Å². The summed E-state index contributed by atoms with van der Waals surface area (Å²) in [5, 5.41) is 2.81. The van der Waals surface area contributed by atoms with Crippen molar-refractivity contribution < 1.29 is 9.53 Å². The second-order valence-electron chi connectivity index (χ2n) is 3.07. The van der Waals surface area contributed by atoms with Gasteiger partial charge in [0.25, 0.3) is 5.91 Å². The van der Waals surface area contributed by atoms with Crippen LogP contribution < -0.4 is 5.32 Å². The zero-order valence-corrected chi connectivity index (χ0v) is 7.36. The van der Waals surface area contributed by atoms with Crippen LogP contribution >= 0.6 is 0 Å². The summed E-state index contributed by atoms with van der Waals surface area (Å²) < 4.78 is 6.63. The van der Waals surface area contributed by atoms with Crippen molar-refractivity contribution >= 4 is 5.91 Å². The number of hydrogen-bond acceptors (Lipinski definition) is 3. The predicted molar refractivity (Wildman–Crippen MR) is 45.3 cm³/mol. The first-order valence-corrected chi connectivity index (χ1v) is 4.13. The molecule has 13 heavy (non-hydrogen) atoms. The molecule has 2 rings (SSSR count). The molecule has 0 unspecified atom stereocenters. The SMILES string of the molecule is Cn1ccnc1C(=O)NC1COC1. The highest BCUT2D eigenvalue weighted by molar-refractivity contribution is 5.91. The number of nitrogens with one attached hydrogen (secondary N) is 1. The molecular formula is C8H11N3O2. The molecule has 5 nitrogen and oxygen atoms in total. The van der Waals surface area contributed by atoms with Crippen LogP contribution in [0.1, 0.15) is 10.6 Å². The van der Waals surface area contributed by atoms with E-state index in [-0.39, 0.29) is 11.9 Å². The number of carbonyl (C=O) groups excluding carboxylic acids is 1. The molecule has 1 aromatic rings. The van der Waals surface area contributed by atoms with Gasteiger partial charge in [-0.15, -0.1) is 0 Å². The maximum atomic E-state index is 11.5. The summed E-state index contributed by atoms with van der Waals surface area (Å²) in [5.41, 5.74) is 0. The van der Waals surface area contributed by atoms with Gasteiger partial charge >= 0.3 is 0 Å². The fourth-order valence-corrected chi connectivity index (χ4v) is 1.15. The van der Waals surface area contributed by atoms with Crippen molar-refractivity contribution in [2.75, 3.05) is 13.2 Å². The van der Waals surface area contributed by atoms with E-state index in [1.807, 2.05) is 0 Å². The predicted octanol–water partition coefficient (Wildman–Crippen LogP) is -0.451. The Labute approximate surface area is 75.7 Å². The van der Waals surface area contributed by atoms with Crippen LogP contribution in [0.2, 0.25) is 0 Å². The van der Waals surface area contributed by atoms with Crippen molar-refractivity contribution in [3.8, 4) is 0 Å². The normalized spacial score (nSPS) is 16.7. The Balaban J connectivity index is 2.00. The van der Waals surface area contributed by atoms with Crippen LogP contribution in [0.3, 0.4) is 0 Å². The molecule has 0 saturated carbocycles. The Kier molecular flexibility index (Phi) is 2.02. The van der Waals surface area contributed by atoms with Gasteiger partial charge in [-0.3, -0.25) is 4.79 Å². The van der Waals surface area contributed by atoms with Crippen molar-refractivity contribution in [2.24, 2.45) is 7.05 Å². The van der Waals surface area contributed by atoms with E-state index in [4.69, 9.17) is 4.74 Å². The van der Waals surface area contributed by atoms with Crippen LogP contribution in [-0.2, 0) is 11.8 Å². The average molecular weight is 181 g/mol. The third-order valence-electron chi connectivity index (χ3n) is 2.00. The molecule has 1 amide bonds. The quantitative estimate of drug-likeness (QED) is 0.672. The van der Waals surface area contributed by atoms with Gasteiger partial charge in [0.05, 0.1) is 19.3 Å². The summed E-state index contributed by atoms with van der Waals surface area (Å²) in [6.07, 6.45) is 3.35. The Morgan fingerprint density at radius 3 is 3.00 bits per heavy atom. The summed E-state index contributed by atoms with van der Waals surface area (Å²) in [4.78, 5) is 15.4. The van der Waals surface area contributed by atoms with E-state index < -0.39 is 0 Å². The molecule has 1 saturated heterocycles. The zero-order chi connectivity index (χ0) is 9.26. The minimum atomic E-state index is -0.138. The Morgan fingerprint density at radius 2 is 2.54 bits per heavy atom. The van der Waals surface area contributed by atoms with Gasteiger partial charge in [-0.2, -0.15) is 0 Å². The molecule has 0 atom stereocenters. The topological polar surface area (TPSA) is 56.2 Å². The molecule has 0 aliphatic carbocycles. The number of ether oxygens (including phenoxy) is 1. The lowest BCUT2D eigenvalue weighted by molar-refractivity contribution is -0.00369. The van der Waals surface area contributed by atoms with Crippen LogP contribution in [0.4, 0.5) is 0 Å². The molecule has 5 heteroatoms. The van der Waals surface area contributed by atoms with E-state index in [1.54, 1.807) is 24.0 Å². The van der Waals surface area contributed by atoms with Gasteiger partial charge in [-0.05, 0) is 0 Å². The summed E-state index contributed by atoms with van der Waals surface area (Å²) in [7, 11) is 1.79. The van der Waals surface area contributed by atoms with Gasteiger partial charge in [-0.25, -0.2) is 4.98 Å². The number of aromatic nitrogens is 2. The third kappa shape index (κ3) is 1.55.